The molecule has 3 aliphatic rings. The predicted molar refractivity (Wildman–Crippen MR) is 114 cm³/mol. The van der Waals surface area contributed by atoms with Crippen LogP contribution < -0.4 is 4.74 Å². The Hall–Kier alpha value is -1.10. The summed E-state index contributed by atoms with van der Waals surface area (Å²) in [6, 6.07) is 6.62. The van der Waals surface area contributed by atoms with Crippen LogP contribution in [0.5, 0.6) is 5.75 Å². The normalized spacial score (nSPS) is 42.0. The molecule has 8 atom stereocenters. The van der Waals surface area contributed by atoms with Crippen molar-refractivity contribution in [1.82, 2.24) is 0 Å². The smallest absolute Gasteiger partial charge is 0.155 e. The summed E-state index contributed by atoms with van der Waals surface area (Å²) in [4.78, 5) is 0. The Kier molecular flexibility index (Phi) is 5.50. The van der Waals surface area contributed by atoms with Crippen LogP contribution in [0, 0.1) is 22.7 Å². The van der Waals surface area contributed by atoms with Crippen molar-refractivity contribution in [3.63, 3.8) is 0 Å². The van der Waals surface area contributed by atoms with E-state index in [-0.39, 0.29) is 29.3 Å². The third-order valence-electron chi connectivity index (χ3n) is 8.83. The van der Waals surface area contributed by atoms with E-state index in [9.17, 15) is 5.11 Å². The number of aliphatic hydroxyl groups is 1. The van der Waals surface area contributed by atoms with Gasteiger partial charge in [-0.05, 0) is 74.1 Å². The van der Waals surface area contributed by atoms with Gasteiger partial charge in [0.1, 0.15) is 5.75 Å². The Labute approximate surface area is 175 Å². The van der Waals surface area contributed by atoms with Gasteiger partial charge in [0.25, 0.3) is 0 Å². The lowest BCUT2D eigenvalue weighted by Crippen LogP contribution is -2.57. The molecule has 0 radical (unpaired) electrons. The zero-order valence-electron chi connectivity index (χ0n) is 18.9. The molecule has 3 aliphatic carbocycles. The standard InChI is InChI=1S/C25H38O4/c1-7-28-16(3)29-22-14-21(26)24(4)11-10-20-19-9-8-18(27-6)13-17(19)12-15(2)23(20)25(22,24)5/h8-9,13,15-16,20-23,26H,7,10-12,14H2,1-6H3/t15?,16?,20-,21?,22?,23-,24-,25+/m1/s1. The van der Waals surface area contributed by atoms with Crippen LogP contribution in [-0.2, 0) is 15.9 Å². The molecule has 0 heterocycles. The molecule has 2 fully saturated rings. The van der Waals surface area contributed by atoms with E-state index in [1.54, 1.807) is 7.11 Å². The number of methoxy groups -OCH3 is 1. The molecule has 4 unspecified atom stereocenters. The Morgan fingerprint density at radius 3 is 2.72 bits per heavy atom. The van der Waals surface area contributed by atoms with Crippen molar-refractivity contribution in [2.45, 2.75) is 84.7 Å². The van der Waals surface area contributed by atoms with Crippen LogP contribution in [-0.4, -0.2) is 37.3 Å². The number of hydrogen-bond acceptors (Lipinski definition) is 4. The van der Waals surface area contributed by atoms with Crippen LogP contribution in [0.3, 0.4) is 0 Å². The van der Waals surface area contributed by atoms with Gasteiger partial charge in [-0.1, -0.05) is 26.8 Å². The maximum Gasteiger partial charge on any atom is 0.155 e. The number of fused-ring (bicyclic) bond motifs is 5. The second-order valence-electron chi connectivity index (χ2n) is 10.0. The van der Waals surface area contributed by atoms with Gasteiger partial charge in [0.15, 0.2) is 6.29 Å². The van der Waals surface area contributed by atoms with Gasteiger partial charge in [-0.2, -0.15) is 0 Å². The van der Waals surface area contributed by atoms with Gasteiger partial charge in [-0.15, -0.1) is 0 Å². The minimum Gasteiger partial charge on any atom is -0.497 e. The third-order valence-corrected chi connectivity index (χ3v) is 8.83. The summed E-state index contributed by atoms with van der Waals surface area (Å²) in [6.07, 6.45) is 3.37. The first kappa shape index (κ1) is 21.1. The van der Waals surface area contributed by atoms with E-state index >= 15 is 0 Å². The van der Waals surface area contributed by atoms with Crippen LogP contribution >= 0.6 is 0 Å². The number of rotatable bonds is 5. The maximum absolute atomic E-state index is 11.2. The molecule has 4 heteroatoms. The molecule has 0 bridgehead atoms. The van der Waals surface area contributed by atoms with Gasteiger partial charge in [0.05, 0.1) is 19.3 Å². The van der Waals surface area contributed by atoms with E-state index in [1.807, 2.05) is 13.8 Å². The monoisotopic (exact) mass is 402 g/mol. The second-order valence-corrected chi connectivity index (χ2v) is 10.0. The fourth-order valence-corrected chi connectivity index (χ4v) is 7.28. The number of benzene rings is 1. The van der Waals surface area contributed by atoms with Crippen LogP contribution in [0.4, 0.5) is 0 Å². The fourth-order valence-electron chi connectivity index (χ4n) is 7.28. The highest BCUT2D eigenvalue weighted by atomic mass is 16.7. The summed E-state index contributed by atoms with van der Waals surface area (Å²) < 4.78 is 17.7. The average molecular weight is 403 g/mol. The number of ether oxygens (including phenoxy) is 3. The van der Waals surface area contributed by atoms with E-state index in [0.717, 1.165) is 25.0 Å². The average Bonchev–Trinajstić information content (AvgIpc) is 2.88. The van der Waals surface area contributed by atoms with Gasteiger partial charge in [-0.3, -0.25) is 0 Å². The molecule has 1 N–H and O–H groups in total. The largest absolute Gasteiger partial charge is 0.497 e. The topological polar surface area (TPSA) is 47.9 Å². The molecule has 2 saturated carbocycles. The van der Waals surface area contributed by atoms with Gasteiger partial charge < -0.3 is 19.3 Å². The highest BCUT2D eigenvalue weighted by Crippen LogP contribution is 2.69. The molecule has 4 nitrogen and oxygen atoms in total. The minimum absolute atomic E-state index is 0.0131. The molecule has 0 spiro atoms. The highest BCUT2D eigenvalue weighted by Gasteiger charge is 2.67. The van der Waals surface area contributed by atoms with Crippen molar-refractivity contribution >= 4 is 0 Å². The van der Waals surface area contributed by atoms with Crippen LogP contribution in [0.25, 0.3) is 0 Å². The Morgan fingerprint density at radius 2 is 2.03 bits per heavy atom. The first-order chi connectivity index (χ1) is 13.8. The van der Waals surface area contributed by atoms with E-state index in [1.165, 1.54) is 11.1 Å². The van der Waals surface area contributed by atoms with Gasteiger partial charge in [0.2, 0.25) is 0 Å². The lowest BCUT2D eigenvalue weighted by molar-refractivity contribution is -0.213. The van der Waals surface area contributed by atoms with Crippen molar-refractivity contribution < 1.29 is 19.3 Å². The van der Waals surface area contributed by atoms with Crippen LogP contribution in [0.1, 0.15) is 70.9 Å². The molecule has 1 aromatic carbocycles. The van der Waals surface area contributed by atoms with E-state index in [0.29, 0.717) is 30.8 Å². The summed E-state index contributed by atoms with van der Waals surface area (Å²) in [6.45, 7) is 11.7. The molecule has 0 aromatic heterocycles. The van der Waals surface area contributed by atoms with Crippen molar-refractivity contribution in [1.29, 1.82) is 0 Å². The Bertz CT molecular complexity index is 748. The number of hydrogen-bond donors (Lipinski definition) is 1. The summed E-state index contributed by atoms with van der Waals surface area (Å²) in [7, 11) is 1.74. The highest BCUT2D eigenvalue weighted by molar-refractivity contribution is 5.42. The Balaban J connectivity index is 1.74. The minimum atomic E-state index is -0.322. The van der Waals surface area contributed by atoms with E-state index < -0.39 is 0 Å². The quantitative estimate of drug-likeness (QED) is 0.710. The van der Waals surface area contributed by atoms with Crippen LogP contribution in [0.15, 0.2) is 18.2 Å². The van der Waals surface area contributed by atoms with Crippen molar-refractivity contribution in [2.24, 2.45) is 22.7 Å². The molecular weight excluding hydrogens is 364 g/mol. The summed E-state index contributed by atoms with van der Waals surface area (Å²) in [5.41, 5.74) is 2.71. The molecule has 29 heavy (non-hydrogen) atoms. The molecule has 0 saturated heterocycles. The predicted octanol–water partition coefficient (Wildman–Crippen LogP) is 4.93. The van der Waals surface area contributed by atoms with Gasteiger partial charge in [0, 0.05) is 23.9 Å². The van der Waals surface area contributed by atoms with Gasteiger partial charge in [-0.25, -0.2) is 0 Å². The van der Waals surface area contributed by atoms with E-state index in [2.05, 4.69) is 39.0 Å². The third kappa shape index (κ3) is 3.05. The fraction of sp³-hybridized carbons (Fsp3) is 0.760. The lowest BCUT2D eigenvalue weighted by Gasteiger charge is -2.60. The summed E-state index contributed by atoms with van der Waals surface area (Å²) >= 11 is 0. The summed E-state index contributed by atoms with van der Waals surface area (Å²) in [5.74, 6) is 2.47. The SMILES string of the molecule is CCOC(C)OC1CC(O)[C@@]2(C)CC[C@@H]3c4ccc(OC)cc4CC(C)[C@H]3[C@]12C. The molecular formula is C25H38O4. The zero-order chi connectivity index (χ0) is 21.0. The van der Waals surface area contributed by atoms with Crippen LogP contribution in [0.2, 0.25) is 0 Å². The van der Waals surface area contributed by atoms with Crippen molar-refractivity contribution in [2.75, 3.05) is 13.7 Å². The molecule has 0 amide bonds. The molecule has 162 valence electrons. The zero-order valence-corrected chi connectivity index (χ0v) is 18.9. The second kappa shape index (κ2) is 7.55. The lowest BCUT2D eigenvalue weighted by atomic mass is 9.45. The van der Waals surface area contributed by atoms with Crippen molar-refractivity contribution in [3.8, 4) is 5.75 Å². The molecule has 0 aliphatic heterocycles. The van der Waals surface area contributed by atoms with Crippen molar-refractivity contribution in [3.05, 3.63) is 29.3 Å². The van der Waals surface area contributed by atoms with Gasteiger partial charge >= 0.3 is 0 Å². The first-order valence-corrected chi connectivity index (χ1v) is 11.4. The van der Waals surface area contributed by atoms with E-state index in [4.69, 9.17) is 14.2 Å². The summed E-state index contributed by atoms with van der Waals surface area (Å²) in [5, 5.41) is 11.2. The molecule has 1 aromatic rings. The first-order valence-electron chi connectivity index (χ1n) is 11.4. The maximum atomic E-state index is 11.2. The number of aliphatic hydroxyl groups excluding tert-OH is 1. The Morgan fingerprint density at radius 1 is 1.28 bits per heavy atom. The molecule has 4 rings (SSSR count).